The molecule has 0 unspecified atom stereocenters. The number of methoxy groups -OCH3 is 2. The van der Waals surface area contributed by atoms with Gasteiger partial charge in [0.1, 0.15) is 6.23 Å². The third-order valence-electron chi connectivity index (χ3n) is 10.1. The van der Waals surface area contributed by atoms with Gasteiger partial charge in [-0.25, -0.2) is 0 Å². The summed E-state index contributed by atoms with van der Waals surface area (Å²) < 4.78 is 21.8. The average molecular weight is 588 g/mol. The SMILES string of the molecule is COc1ccc(CN2Cc3c(c4c5ccccc5n5c4c4c3c3ccccc3n4[C@@]3(C)O[C@@H]5C[C@]3(O)C=O)C2=O)cc1OC. The van der Waals surface area contributed by atoms with E-state index in [1.165, 1.54) is 0 Å². The van der Waals surface area contributed by atoms with Crippen molar-refractivity contribution in [2.75, 3.05) is 14.2 Å². The molecular formula is C35H29N3O6. The van der Waals surface area contributed by atoms with E-state index in [1.807, 2.05) is 76.2 Å². The van der Waals surface area contributed by atoms with Crippen LogP contribution in [0.5, 0.6) is 11.5 Å². The van der Waals surface area contributed by atoms with Crippen LogP contribution in [0.15, 0.2) is 66.7 Å². The highest BCUT2D eigenvalue weighted by Crippen LogP contribution is 2.57. The normalized spacial score (nSPS) is 23.8. The zero-order chi connectivity index (χ0) is 30.1. The number of fused-ring (bicyclic) bond motifs is 13. The Hall–Kier alpha value is -4.86. The lowest BCUT2D eigenvalue weighted by Gasteiger charge is -2.36. The summed E-state index contributed by atoms with van der Waals surface area (Å²) in [6, 6.07) is 21.7. The van der Waals surface area contributed by atoms with Crippen molar-refractivity contribution in [1.82, 2.24) is 14.0 Å². The van der Waals surface area contributed by atoms with Crippen LogP contribution in [0.1, 0.15) is 41.1 Å². The largest absolute Gasteiger partial charge is 0.493 e. The molecule has 9 heteroatoms. The van der Waals surface area contributed by atoms with E-state index in [-0.39, 0.29) is 12.3 Å². The van der Waals surface area contributed by atoms with Gasteiger partial charge in [-0.05, 0) is 42.3 Å². The third kappa shape index (κ3) is 2.86. The van der Waals surface area contributed by atoms with Crippen molar-refractivity contribution in [2.45, 2.75) is 44.0 Å². The molecule has 1 fully saturated rings. The lowest BCUT2D eigenvalue weighted by molar-refractivity contribution is -0.177. The molecule has 3 atom stereocenters. The Bertz CT molecular complexity index is 2270. The van der Waals surface area contributed by atoms with Crippen LogP contribution < -0.4 is 9.47 Å². The van der Waals surface area contributed by atoms with Crippen LogP contribution in [0.4, 0.5) is 0 Å². The second kappa shape index (κ2) is 8.40. The van der Waals surface area contributed by atoms with Crippen LogP contribution in [-0.2, 0) is 28.3 Å². The third-order valence-corrected chi connectivity index (χ3v) is 10.1. The molecule has 220 valence electrons. The summed E-state index contributed by atoms with van der Waals surface area (Å²) in [7, 11) is 3.20. The number of para-hydroxylation sites is 2. The minimum absolute atomic E-state index is 0.0395. The lowest BCUT2D eigenvalue weighted by Crippen LogP contribution is -2.51. The Morgan fingerprint density at radius 2 is 1.66 bits per heavy atom. The first kappa shape index (κ1) is 25.6. The van der Waals surface area contributed by atoms with Gasteiger partial charge in [0, 0.05) is 41.1 Å². The Morgan fingerprint density at radius 1 is 0.955 bits per heavy atom. The molecule has 2 bridgehead atoms. The number of hydrogen-bond donors (Lipinski definition) is 1. The van der Waals surface area contributed by atoms with Crippen molar-refractivity contribution in [1.29, 1.82) is 0 Å². The van der Waals surface area contributed by atoms with Crippen molar-refractivity contribution in [3.63, 3.8) is 0 Å². The number of carbonyl (C=O) groups is 2. The quantitative estimate of drug-likeness (QED) is 0.264. The van der Waals surface area contributed by atoms with Crippen LogP contribution in [-0.4, -0.2) is 51.2 Å². The maximum Gasteiger partial charge on any atom is 0.255 e. The number of nitrogens with zero attached hydrogens (tertiary/aromatic N) is 3. The Balaban J connectivity index is 1.39. The van der Waals surface area contributed by atoms with Crippen LogP contribution in [0, 0.1) is 0 Å². The Kier molecular flexibility index (Phi) is 4.89. The first-order valence-electron chi connectivity index (χ1n) is 14.7. The van der Waals surface area contributed by atoms with Crippen molar-refractivity contribution >= 4 is 55.8 Å². The molecule has 9 nitrogen and oxygen atoms in total. The van der Waals surface area contributed by atoms with E-state index in [0.717, 1.165) is 54.7 Å². The standard InChI is InChI=1S/C35H29N3O6/c1-34-35(41,18-39)15-27(44-34)37-23-10-6-4-8-20(23)29-30-22(28-21-9-5-7-11-24(21)38(34)32(28)31(29)37)17-36(33(30)40)16-19-12-13-25(42-2)26(14-19)43-3/h4-14,18,27,41H,15-17H2,1-3H3/t27-,34+,35+/m1/s1. The summed E-state index contributed by atoms with van der Waals surface area (Å²) >= 11 is 0. The van der Waals surface area contributed by atoms with Gasteiger partial charge < -0.3 is 33.4 Å². The fourth-order valence-corrected chi connectivity index (χ4v) is 8.09. The first-order valence-corrected chi connectivity index (χ1v) is 14.7. The summed E-state index contributed by atoms with van der Waals surface area (Å²) in [6.07, 6.45) is 0.102. The predicted octanol–water partition coefficient (Wildman–Crippen LogP) is 5.61. The number of aliphatic hydroxyl groups is 1. The van der Waals surface area contributed by atoms with Gasteiger partial charge in [-0.15, -0.1) is 0 Å². The molecule has 44 heavy (non-hydrogen) atoms. The predicted molar refractivity (Wildman–Crippen MR) is 165 cm³/mol. The number of aromatic nitrogens is 2. The van der Waals surface area contributed by atoms with E-state index in [9.17, 15) is 14.7 Å². The van der Waals surface area contributed by atoms with Crippen LogP contribution in [0.2, 0.25) is 0 Å². The molecule has 1 saturated heterocycles. The second-order valence-corrected chi connectivity index (χ2v) is 12.2. The maximum absolute atomic E-state index is 14.5. The molecule has 2 aromatic heterocycles. The molecule has 0 spiro atoms. The summed E-state index contributed by atoms with van der Waals surface area (Å²) in [5, 5.41) is 15.6. The highest BCUT2D eigenvalue weighted by atomic mass is 16.6. The highest BCUT2D eigenvalue weighted by Gasteiger charge is 2.61. The minimum Gasteiger partial charge on any atom is -0.493 e. The van der Waals surface area contributed by atoms with Crippen molar-refractivity contribution in [3.05, 3.63) is 83.4 Å². The van der Waals surface area contributed by atoms with Gasteiger partial charge in [-0.1, -0.05) is 42.5 Å². The molecule has 6 aromatic rings. The van der Waals surface area contributed by atoms with E-state index in [0.29, 0.717) is 36.4 Å². The number of carbonyl (C=O) groups excluding carboxylic acids is 2. The van der Waals surface area contributed by atoms with Gasteiger partial charge in [-0.3, -0.25) is 9.59 Å². The number of hydrogen-bond acceptors (Lipinski definition) is 6. The number of ether oxygens (including phenoxy) is 3. The molecule has 4 aromatic carbocycles. The van der Waals surface area contributed by atoms with Crippen LogP contribution in [0.25, 0.3) is 43.6 Å². The smallest absolute Gasteiger partial charge is 0.255 e. The molecule has 0 radical (unpaired) electrons. The van der Waals surface area contributed by atoms with Gasteiger partial charge in [-0.2, -0.15) is 0 Å². The number of aldehydes is 1. The molecule has 1 amide bonds. The van der Waals surface area contributed by atoms with Crippen molar-refractivity contribution < 1.29 is 28.9 Å². The zero-order valence-corrected chi connectivity index (χ0v) is 24.5. The van der Waals surface area contributed by atoms with Gasteiger partial charge in [0.25, 0.3) is 5.91 Å². The minimum atomic E-state index is -1.77. The summed E-state index contributed by atoms with van der Waals surface area (Å²) in [5.74, 6) is 1.20. The first-order chi connectivity index (χ1) is 21.3. The molecule has 0 aliphatic carbocycles. The number of rotatable bonds is 5. The fourth-order valence-electron chi connectivity index (χ4n) is 8.09. The van der Waals surface area contributed by atoms with Gasteiger partial charge in [0.2, 0.25) is 0 Å². The molecule has 9 rings (SSSR count). The molecule has 3 aliphatic rings. The topological polar surface area (TPSA) is 95.2 Å². The lowest BCUT2D eigenvalue weighted by atomic mass is 9.90. The van der Waals surface area contributed by atoms with Crippen LogP contribution in [0.3, 0.4) is 0 Å². The monoisotopic (exact) mass is 587 g/mol. The van der Waals surface area contributed by atoms with Gasteiger partial charge in [0.05, 0.1) is 41.8 Å². The number of benzene rings is 4. The molecule has 3 aliphatic heterocycles. The fraction of sp³-hybridized carbons (Fsp3) is 0.257. The molecular weight excluding hydrogens is 558 g/mol. The summed E-state index contributed by atoms with van der Waals surface area (Å²) in [6.45, 7) is 2.60. The second-order valence-electron chi connectivity index (χ2n) is 12.2. The van der Waals surface area contributed by atoms with Gasteiger partial charge >= 0.3 is 0 Å². The van der Waals surface area contributed by atoms with E-state index in [2.05, 4.69) is 4.57 Å². The van der Waals surface area contributed by atoms with Crippen molar-refractivity contribution in [2.24, 2.45) is 0 Å². The van der Waals surface area contributed by atoms with Crippen LogP contribution >= 0.6 is 0 Å². The summed E-state index contributed by atoms with van der Waals surface area (Å²) in [5.41, 5.74) is 2.90. The van der Waals surface area contributed by atoms with E-state index in [1.54, 1.807) is 21.1 Å². The average Bonchev–Trinajstić information content (AvgIpc) is 3.72. The van der Waals surface area contributed by atoms with E-state index < -0.39 is 17.6 Å². The van der Waals surface area contributed by atoms with E-state index >= 15 is 0 Å². The summed E-state index contributed by atoms with van der Waals surface area (Å²) in [4.78, 5) is 29.1. The molecule has 0 saturated carbocycles. The highest BCUT2D eigenvalue weighted by molar-refractivity contribution is 6.31. The zero-order valence-electron chi connectivity index (χ0n) is 24.5. The molecule has 1 N–H and O–H groups in total. The maximum atomic E-state index is 14.5. The number of amides is 1. The van der Waals surface area contributed by atoms with E-state index in [4.69, 9.17) is 14.2 Å². The Morgan fingerprint density at radius 3 is 2.39 bits per heavy atom. The van der Waals surface area contributed by atoms with Gasteiger partial charge in [0.15, 0.2) is 29.1 Å². The Labute approximate surface area is 251 Å². The molecule has 5 heterocycles. The van der Waals surface area contributed by atoms with Crippen molar-refractivity contribution in [3.8, 4) is 11.5 Å².